The molecule has 2 aliphatic rings. The van der Waals surface area contributed by atoms with Crippen LogP contribution in [0.25, 0.3) is 0 Å². The fourth-order valence-corrected chi connectivity index (χ4v) is 3.33. The second kappa shape index (κ2) is 7.62. The highest BCUT2D eigenvalue weighted by molar-refractivity contribution is 5.98. The van der Waals surface area contributed by atoms with Crippen molar-refractivity contribution < 1.29 is 9.53 Å². The fourth-order valence-electron chi connectivity index (χ4n) is 3.33. The van der Waals surface area contributed by atoms with Crippen LogP contribution >= 0.6 is 0 Å². The van der Waals surface area contributed by atoms with Gasteiger partial charge in [0.1, 0.15) is 0 Å². The molecule has 0 spiro atoms. The van der Waals surface area contributed by atoms with Gasteiger partial charge in [0.05, 0.1) is 18.8 Å². The summed E-state index contributed by atoms with van der Waals surface area (Å²) in [6.45, 7) is 4.33. The van der Waals surface area contributed by atoms with Crippen molar-refractivity contribution >= 4 is 11.6 Å². The van der Waals surface area contributed by atoms with Crippen molar-refractivity contribution in [3.8, 4) is 0 Å². The van der Waals surface area contributed by atoms with Gasteiger partial charge >= 0.3 is 0 Å². The minimum absolute atomic E-state index is 0.361. The SMILES string of the molecule is NC(=O)c1ccccc1N1CCCC(NCC2=CCCOC2)C1. The lowest BCUT2D eigenvalue weighted by atomic mass is 10.0. The van der Waals surface area contributed by atoms with Crippen molar-refractivity contribution in [3.05, 3.63) is 41.5 Å². The summed E-state index contributed by atoms with van der Waals surface area (Å²) in [5, 5.41) is 3.63. The number of carbonyl (C=O) groups excluding carboxylic acids is 1. The molecule has 0 saturated carbocycles. The number of nitrogens with one attached hydrogen (secondary N) is 1. The summed E-state index contributed by atoms with van der Waals surface area (Å²) in [6, 6.07) is 8.04. The molecular weight excluding hydrogens is 290 g/mol. The molecule has 2 aliphatic heterocycles. The van der Waals surface area contributed by atoms with E-state index in [0.29, 0.717) is 11.6 Å². The summed E-state index contributed by atoms with van der Waals surface area (Å²) < 4.78 is 5.48. The molecule has 1 amide bonds. The zero-order valence-electron chi connectivity index (χ0n) is 13.5. The first-order chi connectivity index (χ1) is 11.2. The molecule has 23 heavy (non-hydrogen) atoms. The minimum atomic E-state index is -0.361. The number of nitrogens with zero attached hydrogens (tertiary/aromatic N) is 1. The van der Waals surface area contributed by atoms with Gasteiger partial charge in [-0.25, -0.2) is 0 Å². The lowest BCUT2D eigenvalue weighted by Gasteiger charge is -2.36. The summed E-state index contributed by atoms with van der Waals surface area (Å²) in [6.07, 6.45) is 5.56. The van der Waals surface area contributed by atoms with Gasteiger partial charge in [-0.3, -0.25) is 4.79 Å². The minimum Gasteiger partial charge on any atom is -0.377 e. The predicted octanol–water partition coefficient (Wildman–Crippen LogP) is 1.69. The smallest absolute Gasteiger partial charge is 0.250 e. The van der Waals surface area contributed by atoms with Gasteiger partial charge in [0, 0.05) is 31.4 Å². The van der Waals surface area contributed by atoms with E-state index >= 15 is 0 Å². The molecule has 0 bridgehead atoms. The van der Waals surface area contributed by atoms with Gasteiger partial charge in [-0.2, -0.15) is 0 Å². The molecule has 1 aromatic rings. The number of hydrogen-bond acceptors (Lipinski definition) is 4. The molecule has 1 aromatic carbocycles. The molecule has 3 N–H and O–H groups in total. The Bertz CT molecular complexity index is 585. The number of benzene rings is 1. The third kappa shape index (κ3) is 4.12. The van der Waals surface area contributed by atoms with Gasteiger partial charge in [0.2, 0.25) is 0 Å². The van der Waals surface area contributed by atoms with Crippen LogP contribution in [0.2, 0.25) is 0 Å². The number of piperidine rings is 1. The van der Waals surface area contributed by atoms with E-state index in [9.17, 15) is 4.79 Å². The number of rotatable bonds is 5. The first kappa shape index (κ1) is 16.0. The summed E-state index contributed by atoms with van der Waals surface area (Å²) in [5.74, 6) is -0.361. The van der Waals surface area contributed by atoms with Crippen molar-refractivity contribution in [3.63, 3.8) is 0 Å². The quantitative estimate of drug-likeness (QED) is 0.812. The average molecular weight is 315 g/mol. The van der Waals surface area contributed by atoms with Crippen LogP contribution in [0.15, 0.2) is 35.9 Å². The van der Waals surface area contributed by atoms with E-state index in [1.54, 1.807) is 6.07 Å². The van der Waals surface area contributed by atoms with E-state index in [1.807, 2.05) is 18.2 Å². The summed E-state index contributed by atoms with van der Waals surface area (Å²) >= 11 is 0. The summed E-state index contributed by atoms with van der Waals surface area (Å²) in [5.41, 5.74) is 8.41. The lowest BCUT2D eigenvalue weighted by molar-refractivity contribution is 0.100. The average Bonchev–Trinajstić information content (AvgIpc) is 2.61. The second-order valence-corrected chi connectivity index (χ2v) is 6.25. The molecule has 3 rings (SSSR count). The highest BCUT2D eigenvalue weighted by atomic mass is 16.5. The second-order valence-electron chi connectivity index (χ2n) is 6.25. The van der Waals surface area contributed by atoms with E-state index < -0.39 is 0 Å². The number of carbonyl (C=O) groups is 1. The number of nitrogens with two attached hydrogens (primary N) is 1. The Hall–Kier alpha value is -1.85. The Morgan fingerprint density at radius 2 is 2.26 bits per heavy atom. The van der Waals surface area contributed by atoms with E-state index in [-0.39, 0.29) is 5.91 Å². The fraction of sp³-hybridized carbons (Fsp3) is 0.500. The van der Waals surface area contributed by atoms with Crippen molar-refractivity contribution in [2.45, 2.75) is 25.3 Å². The van der Waals surface area contributed by atoms with Gasteiger partial charge in [0.25, 0.3) is 5.91 Å². The summed E-state index contributed by atoms with van der Waals surface area (Å²) in [7, 11) is 0. The number of hydrogen-bond donors (Lipinski definition) is 2. The predicted molar refractivity (Wildman–Crippen MR) is 91.7 cm³/mol. The van der Waals surface area contributed by atoms with Gasteiger partial charge in [-0.15, -0.1) is 0 Å². The first-order valence-electron chi connectivity index (χ1n) is 8.37. The van der Waals surface area contributed by atoms with Crippen molar-refractivity contribution in [1.82, 2.24) is 5.32 Å². The number of ether oxygens (including phenoxy) is 1. The molecule has 5 nitrogen and oxygen atoms in total. The highest BCUT2D eigenvalue weighted by Gasteiger charge is 2.22. The molecule has 1 fully saturated rings. The van der Waals surface area contributed by atoms with Crippen molar-refractivity contribution in [2.24, 2.45) is 5.73 Å². The molecule has 0 radical (unpaired) electrons. The van der Waals surface area contributed by atoms with E-state index in [0.717, 1.165) is 57.8 Å². The van der Waals surface area contributed by atoms with Crippen LogP contribution in [-0.4, -0.2) is 44.8 Å². The number of primary amides is 1. The van der Waals surface area contributed by atoms with Crippen LogP contribution in [-0.2, 0) is 4.74 Å². The maximum absolute atomic E-state index is 11.6. The third-order valence-electron chi connectivity index (χ3n) is 4.53. The molecular formula is C18H25N3O2. The molecule has 0 aromatic heterocycles. The first-order valence-corrected chi connectivity index (χ1v) is 8.37. The van der Waals surface area contributed by atoms with Crippen molar-refractivity contribution in [1.29, 1.82) is 0 Å². The standard InChI is InChI=1S/C18H25N3O2/c19-18(22)16-7-1-2-8-17(16)21-9-3-6-15(12-21)20-11-14-5-4-10-23-13-14/h1-2,5,7-8,15,20H,3-4,6,9-13H2,(H2,19,22). The van der Waals surface area contributed by atoms with Crippen molar-refractivity contribution in [2.75, 3.05) is 37.7 Å². The monoisotopic (exact) mass is 315 g/mol. The third-order valence-corrected chi connectivity index (χ3v) is 4.53. The normalized spacial score (nSPS) is 21.8. The van der Waals surface area contributed by atoms with E-state index in [4.69, 9.17) is 10.5 Å². The highest BCUT2D eigenvalue weighted by Crippen LogP contribution is 2.24. The Morgan fingerprint density at radius 1 is 1.39 bits per heavy atom. The van der Waals surface area contributed by atoms with Gasteiger partial charge in [-0.05, 0) is 37.0 Å². The van der Waals surface area contributed by atoms with Crippen LogP contribution in [0.5, 0.6) is 0 Å². The number of anilines is 1. The Balaban J connectivity index is 1.62. The Morgan fingerprint density at radius 3 is 3.04 bits per heavy atom. The molecule has 0 aliphatic carbocycles. The zero-order valence-corrected chi connectivity index (χ0v) is 13.5. The van der Waals surface area contributed by atoms with Gasteiger partial charge in [-0.1, -0.05) is 18.2 Å². The number of para-hydroxylation sites is 1. The van der Waals surface area contributed by atoms with E-state index in [1.165, 1.54) is 5.57 Å². The molecule has 2 heterocycles. The van der Waals surface area contributed by atoms with Gasteiger partial charge < -0.3 is 20.7 Å². The topological polar surface area (TPSA) is 67.6 Å². The van der Waals surface area contributed by atoms with Crippen LogP contribution in [0, 0.1) is 0 Å². The van der Waals surface area contributed by atoms with Crippen LogP contribution in [0.4, 0.5) is 5.69 Å². The Labute approximate surface area is 137 Å². The number of amides is 1. The van der Waals surface area contributed by atoms with E-state index in [2.05, 4.69) is 16.3 Å². The molecule has 1 unspecified atom stereocenters. The maximum atomic E-state index is 11.6. The summed E-state index contributed by atoms with van der Waals surface area (Å²) in [4.78, 5) is 13.9. The van der Waals surface area contributed by atoms with Crippen LogP contribution < -0.4 is 16.0 Å². The molecule has 124 valence electrons. The largest absolute Gasteiger partial charge is 0.377 e. The van der Waals surface area contributed by atoms with Crippen LogP contribution in [0.1, 0.15) is 29.6 Å². The molecule has 5 heteroatoms. The van der Waals surface area contributed by atoms with Gasteiger partial charge in [0.15, 0.2) is 0 Å². The molecule has 1 saturated heterocycles. The molecule has 1 atom stereocenters. The maximum Gasteiger partial charge on any atom is 0.250 e. The van der Waals surface area contributed by atoms with Crippen LogP contribution in [0.3, 0.4) is 0 Å². The Kier molecular flexibility index (Phi) is 5.31. The lowest BCUT2D eigenvalue weighted by Crippen LogP contribution is -2.47. The zero-order chi connectivity index (χ0) is 16.1.